The first-order chi connectivity index (χ1) is 10.5. The molecule has 7 heteroatoms. The molecule has 1 unspecified atom stereocenters. The van der Waals surface area contributed by atoms with Crippen LogP contribution in [0.1, 0.15) is 35.3 Å². The van der Waals surface area contributed by atoms with Gasteiger partial charge in [-0.2, -0.15) is 0 Å². The summed E-state index contributed by atoms with van der Waals surface area (Å²) in [5.41, 5.74) is 1.12. The molecular formula is C16H30IN5S. The summed E-state index contributed by atoms with van der Waals surface area (Å²) >= 11 is 1.74. The Morgan fingerprint density at radius 1 is 1.35 bits per heavy atom. The first-order valence-corrected chi connectivity index (χ1v) is 8.94. The lowest BCUT2D eigenvalue weighted by Gasteiger charge is -2.25. The van der Waals surface area contributed by atoms with E-state index in [1.807, 2.05) is 0 Å². The molecule has 1 aliphatic carbocycles. The highest BCUT2D eigenvalue weighted by Crippen LogP contribution is 2.34. The first kappa shape index (κ1) is 20.6. The lowest BCUT2D eigenvalue weighted by Crippen LogP contribution is -2.46. The second-order valence-corrected chi connectivity index (χ2v) is 7.48. The number of rotatable bonds is 7. The van der Waals surface area contributed by atoms with Crippen molar-refractivity contribution < 1.29 is 0 Å². The molecule has 0 aromatic carbocycles. The van der Waals surface area contributed by atoms with E-state index in [9.17, 15) is 0 Å². The van der Waals surface area contributed by atoms with Crippen LogP contribution in [0.3, 0.4) is 0 Å². The van der Waals surface area contributed by atoms with Crippen molar-refractivity contribution in [3.05, 3.63) is 15.6 Å². The Morgan fingerprint density at radius 3 is 2.52 bits per heavy atom. The molecule has 1 saturated carbocycles. The highest BCUT2D eigenvalue weighted by molar-refractivity contribution is 14.0. The number of aryl methyl sites for hydroxylation is 2. The van der Waals surface area contributed by atoms with Crippen LogP contribution in [0.5, 0.6) is 0 Å². The fourth-order valence-electron chi connectivity index (χ4n) is 2.55. The van der Waals surface area contributed by atoms with Gasteiger partial charge in [-0.1, -0.05) is 0 Å². The molecule has 1 fully saturated rings. The third-order valence-electron chi connectivity index (χ3n) is 4.10. The zero-order valence-corrected chi connectivity index (χ0v) is 18.0. The van der Waals surface area contributed by atoms with Gasteiger partial charge in [0.1, 0.15) is 5.01 Å². The number of aliphatic imine (C=N–C) groups is 1. The molecule has 2 rings (SSSR count). The summed E-state index contributed by atoms with van der Waals surface area (Å²) in [4.78, 5) is 12.8. The summed E-state index contributed by atoms with van der Waals surface area (Å²) in [5, 5.41) is 7.90. The Labute approximate surface area is 161 Å². The second-order valence-electron chi connectivity index (χ2n) is 6.19. The van der Waals surface area contributed by atoms with Gasteiger partial charge in [-0.05, 0) is 53.6 Å². The SMILES string of the molecule is CCNC(=NCc1nc(C)c(C)s1)NCC(C1CC1)N(C)C.I. The van der Waals surface area contributed by atoms with Crippen molar-refractivity contribution in [1.82, 2.24) is 20.5 Å². The minimum atomic E-state index is 0. The van der Waals surface area contributed by atoms with Gasteiger partial charge >= 0.3 is 0 Å². The van der Waals surface area contributed by atoms with Crippen molar-refractivity contribution in [2.45, 2.75) is 46.2 Å². The standard InChI is InChI=1S/C16H29N5S.HI/c1-6-17-16(18-9-14(21(4)5)13-7-8-13)19-10-15-20-11(2)12(3)22-15;/h13-14H,6-10H2,1-5H3,(H2,17,18,19);1H. The van der Waals surface area contributed by atoms with E-state index >= 15 is 0 Å². The summed E-state index contributed by atoms with van der Waals surface area (Å²) in [6, 6.07) is 0.591. The number of nitrogens with zero attached hydrogens (tertiary/aromatic N) is 3. The summed E-state index contributed by atoms with van der Waals surface area (Å²) in [5.74, 6) is 1.73. The van der Waals surface area contributed by atoms with Crippen LogP contribution in [0.2, 0.25) is 0 Å². The van der Waals surface area contributed by atoms with Gasteiger partial charge < -0.3 is 15.5 Å². The molecule has 0 saturated heterocycles. The van der Waals surface area contributed by atoms with Crippen molar-refractivity contribution >= 4 is 41.3 Å². The molecule has 0 spiro atoms. The molecule has 23 heavy (non-hydrogen) atoms. The van der Waals surface area contributed by atoms with Crippen molar-refractivity contribution in [2.75, 3.05) is 27.2 Å². The van der Waals surface area contributed by atoms with Crippen molar-refractivity contribution in [2.24, 2.45) is 10.9 Å². The van der Waals surface area contributed by atoms with E-state index in [1.54, 1.807) is 11.3 Å². The van der Waals surface area contributed by atoms with E-state index < -0.39 is 0 Å². The minimum Gasteiger partial charge on any atom is -0.357 e. The molecule has 0 bridgehead atoms. The van der Waals surface area contributed by atoms with Crippen molar-refractivity contribution in [3.8, 4) is 0 Å². The number of guanidine groups is 1. The smallest absolute Gasteiger partial charge is 0.191 e. The van der Waals surface area contributed by atoms with Gasteiger partial charge in [0.05, 0.1) is 12.2 Å². The highest BCUT2D eigenvalue weighted by Gasteiger charge is 2.32. The highest BCUT2D eigenvalue weighted by atomic mass is 127. The fourth-order valence-corrected chi connectivity index (χ4v) is 3.41. The molecule has 5 nitrogen and oxygen atoms in total. The Bertz CT molecular complexity index is 489. The molecule has 132 valence electrons. The van der Waals surface area contributed by atoms with Crippen LogP contribution in [0.25, 0.3) is 0 Å². The molecule has 1 heterocycles. The van der Waals surface area contributed by atoms with Gasteiger partial charge in [0.25, 0.3) is 0 Å². The molecule has 0 radical (unpaired) electrons. The average Bonchev–Trinajstić information content (AvgIpc) is 3.23. The van der Waals surface area contributed by atoms with Gasteiger partial charge in [-0.25, -0.2) is 9.98 Å². The Kier molecular flexibility index (Phi) is 8.78. The van der Waals surface area contributed by atoms with Crippen LogP contribution in [0, 0.1) is 19.8 Å². The minimum absolute atomic E-state index is 0. The van der Waals surface area contributed by atoms with Crippen LogP contribution in [0.15, 0.2) is 4.99 Å². The molecule has 1 atom stereocenters. The lowest BCUT2D eigenvalue weighted by molar-refractivity contribution is 0.264. The van der Waals surface area contributed by atoms with E-state index in [0.29, 0.717) is 12.6 Å². The summed E-state index contributed by atoms with van der Waals surface area (Å²) < 4.78 is 0. The number of halogens is 1. The number of aromatic nitrogens is 1. The monoisotopic (exact) mass is 451 g/mol. The number of hydrogen-bond donors (Lipinski definition) is 2. The quantitative estimate of drug-likeness (QED) is 0.381. The van der Waals surface area contributed by atoms with Crippen LogP contribution in [-0.2, 0) is 6.54 Å². The third-order valence-corrected chi connectivity index (χ3v) is 5.16. The predicted octanol–water partition coefficient (Wildman–Crippen LogP) is 2.77. The van der Waals surface area contributed by atoms with Gasteiger partial charge in [-0.15, -0.1) is 35.3 Å². The van der Waals surface area contributed by atoms with Gasteiger partial charge in [0.15, 0.2) is 5.96 Å². The second kappa shape index (κ2) is 9.78. The molecule has 0 amide bonds. The van der Waals surface area contributed by atoms with Crippen LogP contribution >= 0.6 is 35.3 Å². The lowest BCUT2D eigenvalue weighted by atomic mass is 10.1. The zero-order valence-electron chi connectivity index (χ0n) is 14.8. The first-order valence-electron chi connectivity index (χ1n) is 8.12. The summed E-state index contributed by atoms with van der Waals surface area (Å²) in [7, 11) is 4.33. The summed E-state index contributed by atoms with van der Waals surface area (Å²) in [6.07, 6.45) is 2.71. The molecule has 1 aromatic heterocycles. The van der Waals surface area contributed by atoms with E-state index in [-0.39, 0.29) is 24.0 Å². The van der Waals surface area contributed by atoms with Gasteiger partial charge in [0, 0.05) is 24.0 Å². The van der Waals surface area contributed by atoms with Crippen molar-refractivity contribution in [1.29, 1.82) is 0 Å². The number of thiazole rings is 1. The summed E-state index contributed by atoms with van der Waals surface area (Å²) in [6.45, 7) is 8.72. The maximum Gasteiger partial charge on any atom is 0.191 e. The van der Waals surface area contributed by atoms with E-state index in [4.69, 9.17) is 0 Å². The zero-order chi connectivity index (χ0) is 16.1. The van der Waals surface area contributed by atoms with E-state index in [2.05, 4.69) is 60.4 Å². The van der Waals surface area contributed by atoms with Crippen LogP contribution < -0.4 is 10.6 Å². The topological polar surface area (TPSA) is 52.6 Å². The normalized spacial score (nSPS) is 16.2. The average molecular weight is 451 g/mol. The van der Waals surface area contributed by atoms with E-state index in [1.165, 1.54) is 17.7 Å². The maximum absolute atomic E-state index is 4.67. The Morgan fingerprint density at radius 2 is 2.04 bits per heavy atom. The van der Waals surface area contributed by atoms with Crippen molar-refractivity contribution in [3.63, 3.8) is 0 Å². The Balaban J connectivity index is 0.00000264. The number of hydrogen-bond acceptors (Lipinski definition) is 4. The molecular weight excluding hydrogens is 421 g/mol. The largest absolute Gasteiger partial charge is 0.357 e. The van der Waals surface area contributed by atoms with Crippen LogP contribution in [-0.4, -0.2) is 49.1 Å². The predicted molar refractivity (Wildman–Crippen MR) is 110 cm³/mol. The molecule has 1 aromatic rings. The van der Waals surface area contributed by atoms with E-state index in [0.717, 1.165) is 35.7 Å². The maximum atomic E-state index is 4.67. The fraction of sp³-hybridized carbons (Fsp3) is 0.750. The van der Waals surface area contributed by atoms with Gasteiger partial charge in [-0.3, -0.25) is 0 Å². The molecule has 0 aliphatic heterocycles. The molecule has 1 aliphatic rings. The third kappa shape index (κ3) is 6.54. The van der Waals surface area contributed by atoms with Crippen LogP contribution in [0.4, 0.5) is 0 Å². The molecule has 2 N–H and O–H groups in total. The number of likely N-dealkylation sites (N-methyl/N-ethyl adjacent to an activating group) is 1. The van der Waals surface area contributed by atoms with Gasteiger partial charge in [0.2, 0.25) is 0 Å². The Hall–Kier alpha value is -0.410. The number of nitrogens with one attached hydrogen (secondary N) is 2.